The van der Waals surface area contributed by atoms with Crippen LogP contribution in [0.4, 0.5) is 0 Å². The molecule has 4 heteroatoms. The highest BCUT2D eigenvalue weighted by atomic mass is 16.5. The summed E-state index contributed by atoms with van der Waals surface area (Å²) in [5.74, 6) is 0.164. The van der Waals surface area contributed by atoms with Gasteiger partial charge in [-0.15, -0.1) is 0 Å². The fourth-order valence-corrected chi connectivity index (χ4v) is 4.72. The Morgan fingerprint density at radius 2 is 2.03 bits per heavy atom. The van der Waals surface area contributed by atoms with Gasteiger partial charge in [0.2, 0.25) is 0 Å². The van der Waals surface area contributed by atoms with Crippen LogP contribution in [0.15, 0.2) is 66.4 Å². The zero-order valence-electron chi connectivity index (χ0n) is 18.0. The minimum Gasteiger partial charge on any atom is -0.368 e. The number of benzene rings is 2. The van der Waals surface area contributed by atoms with Gasteiger partial charge in [-0.1, -0.05) is 54.1 Å². The fraction of sp³-hybridized carbons (Fsp3) is 0.333. The van der Waals surface area contributed by atoms with Gasteiger partial charge in [0, 0.05) is 31.3 Å². The highest BCUT2D eigenvalue weighted by Gasteiger charge is 2.28. The normalized spacial score (nSPS) is 18.9. The molecule has 1 atom stereocenters. The lowest BCUT2D eigenvalue weighted by atomic mass is 9.94. The van der Waals surface area contributed by atoms with Crippen LogP contribution in [-0.4, -0.2) is 41.6 Å². The Morgan fingerprint density at radius 3 is 2.77 bits per heavy atom. The lowest BCUT2D eigenvalue weighted by Gasteiger charge is -2.28. The molecule has 2 aromatic carbocycles. The van der Waals surface area contributed by atoms with Gasteiger partial charge in [-0.05, 0) is 60.9 Å². The van der Waals surface area contributed by atoms with E-state index in [0.717, 1.165) is 44.4 Å². The first-order valence-corrected chi connectivity index (χ1v) is 11.2. The molecule has 0 N–H and O–H groups in total. The van der Waals surface area contributed by atoms with Crippen molar-refractivity contribution in [1.29, 1.82) is 0 Å². The molecule has 2 aliphatic rings. The van der Waals surface area contributed by atoms with Crippen LogP contribution in [-0.2, 0) is 16.0 Å². The van der Waals surface area contributed by atoms with Gasteiger partial charge in [0.15, 0.2) is 0 Å². The van der Waals surface area contributed by atoms with E-state index in [4.69, 9.17) is 4.74 Å². The summed E-state index contributed by atoms with van der Waals surface area (Å²) in [6.45, 7) is 4.37. The molecule has 2 aliphatic heterocycles. The number of fused-ring (bicyclic) bond motifs is 1. The predicted octanol–water partition coefficient (Wildman–Crippen LogP) is 5.09. The summed E-state index contributed by atoms with van der Waals surface area (Å²) < 4.78 is 5.55. The minimum absolute atomic E-state index is 0.164. The topological polar surface area (TPSA) is 42.4 Å². The minimum atomic E-state index is -0.212. The zero-order valence-corrected chi connectivity index (χ0v) is 18.0. The molecule has 4 nitrogen and oxygen atoms in total. The molecule has 0 spiro atoms. The maximum atomic E-state index is 12.5. The lowest BCUT2D eigenvalue weighted by molar-refractivity contribution is -0.140. The van der Waals surface area contributed by atoms with Gasteiger partial charge in [-0.3, -0.25) is 9.78 Å². The first-order valence-electron chi connectivity index (χ1n) is 11.2. The average Bonchev–Trinajstić information content (AvgIpc) is 3.35. The van der Waals surface area contributed by atoms with Crippen LogP contribution in [0.3, 0.4) is 0 Å². The van der Waals surface area contributed by atoms with Crippen molar-refractivity contribution in [2.24, 2.45) is 0 Å². The molecule has 1 amide bonds. The number of pyridine rings is 1. The summed E-state index contributed by atoms with van der Waals surface area (Å²) >= 11 is 0. The largest absolute Gasteiger partial charge is 0.368 e. The number of carbonyl (C=O) groups is 1. The molecule has 0 unspecified atom stereocenters. The van der Waals surface area contributed by atoms with Gasteiger partial charge in [-0.2, -0.15) is 0 Å². The van der Waals surface area contributed by atoms with Gasteiger partial charge >= 0.3 is 0 Å². The predicted molar refractivity (Wildman–Crippen MR) is 124 cm³/mol. The summed E-state index contributed by atoms with van der Waals surface area (Å²) in [5, 5.41) is 1.18. The highest BCUT2D eigenvalue weighted by molar-refractivity contribution is 5.88. The molecule has 0 aliphatic carbocycles. The molecule has 158 valence electrons. The molecular formula is C27H28N2O2. The third kappa shape index (κ3) is 4.13. The smallest absolute Gasteiger partial charge is 0.251 e. The maximum absolute atomic E-state index is 12.5. The molecule has 1 saturated heterocycles. The molecule has 31 heavy (non-hydrogen) atoms. The van der Waals surface area contributed by atoms with E-state index in [1.54, 1.807) is 0 Å². The Kier molecular flexibility index (Phi) is 5.56. The van der Waals surface area contributed by atoms with E-state index in [-0.39, 0.29) is 12.0 Å². The summed E-state index contributed by atoms with van der Waals surface area (Å²) in [6.07, 6.45) is 7.62. The Balaban J connectivity index is 1.26. The third-order valence-corrected chi connectivity index (χ3v) is 6.54. The number of aromatic nitrogens is 1. The number of nitrogens with zero attached hydrogens (tertiary/aromatic N) is 2. The average molecular weight is 413 g/mol. The van der Waals surface area contributed by atoms with Gasteiger partial charge in [-0.25, -0.2) is 0 Å². The van der Waals surface area contributed by atoms with Crippen LogP contribution in [0, 0.1) is 6.92 Å². The van der Waals surface area contributed by atoms with Crippen molar-refractivity contribution in [3.8, 4) is 11.1 Å². The van der Waals surface area contributed by atoms with Gasteiger partial charge < -0.3 is 9.64 Å². The molecule has 0 radical (unpaired) electrons. The van der Waals surface area contributed by atoms with Gasteiger partial charge in [0.05, 0.1) is 5.52 Å². The number of aryl methyl sites for hydroxylation is 1. The van der Waals surface area contributed by atoms with E-state index >= 15 is 0 Å². The molecule has 0 saturated carbocycles. The Bertz CT molecular complexity index is 1130. The van der Waals surface area contributed by atoms with Crippen molar-refractivity contribution in [2.75, 3.05) is 19.7 Å². The third-order valence-electron chi connectivity index (χ3n) is 6.54. The van der Waals surface area contributed by atoms with Crippen LogP contribution < -0.4 is 0 Å². The summed E-state index contributed by atoms with van der Waals surface area (Å²) in [6, 6.07) is 17.3. The van der Waals surface area contributed by atoms with E-state index in [0.29, 0.717) is 6.54 Å². The summed E-state index contributed by atoms with van der Waals surface area (Å²) in [7, 11) is 0. The maximum Gasteiger partial charge on any atom is 0.251 e. The van der Waals surface area contributed by atoms with Crippen molar-refractivity contribution in [3.05, 3.63) is 77.5 Å². The van der Waals surface area contributed by atoms with E-state index < -0.39 is 0 Å². The van der Waals surface area contributed by atoms with Crippen molar-refractivity contribution in [1.82, 2.24) is 9.88 Å². The molecular weight excluding hydrogens is 384 g/mol. The Hall–Kier alpha value is -2.98. The second-order valence-corrected chi connectivity index (χ2v) is 8.59. The van der Waals surface area contributed by atoms with Gasteiger partial charge in [0.1, 0.15) is 6.10 Å². The molecule has 0 bridgehead atoms. The first-order chi connectivity index (χ1) is 15.2. The molecule has 1 fully saturated rings. The van der Waals surface area contributed by atoms with Gasteiger partial charge in [0.25, 0.3) is 5.91 Å². The molecule has 1 aromatic heterocycles. The van der Waals surface area contributed by atoms with E-state index in [1.807, 2.05) is 17.2 Å². The monoisotopic (exact) mass is 412 g/mol. The Labute approximate surface area is 183 Å². The van der Waals surface area contributed by atoms with Crippen molar-refractivity contribution in [3.63, 3.8) is 0 Å². The summed E-state index contributed by atoms with van der Waals surface area (Å²) in [5.41, 5.74) is 7.47. The van der Waals surface area contributed by atoms with Crippen molar-refractivity contribution in [2.45, 2.75) is 38.7 Å². The van der Waals surface area contributed by atoms with Crippen LogP contribution in [0.5, 0.6) is 0 Å². The van der Waals surface area contributed by atoms with Crippen LogP contribution in [0.1, 0.15) is 30.4 Å². The lowest BCUT2D eigenvalue weighted by Crippen LogP contribution is -2.41. The van der Waals surface area contributed by atoms with Crippen molar-refractivity contribution >= 4 is 16.8 Å². The number of amides is 1. The Morgan fingerprint density at radius 1 is 1.16 bits per heavy atom. The number of hydrogen-bond acceptors (Lipinski definition) is 3. The number of rotatable bonds is 4. The SMILES string of the molecule is Cc1c(-c2ccc(CC3=CCN(C(=O)[C@H]4CCCO4)CC3)cc2)ccc2cccnc12. The highest BCUT2D eigenvalue weighted by Crippen LogP contribution is 2.29. The van der Waals surface area contributed by atoms with E-state index in [9.17, 15) is 4.79 Å². The molecule has 5 rings (SSSR count). The van der Waals surface area contributed by atoms with Crippen LogP contribution in [0.25, 0.3) is 22.0 Å². The number of ether oxygens (including phenoxy) is 1. The molecule has 3 heterocycles. The zero-order chi connectivity index (χ0) is 21.2. The second-order valence-electron chi connectivity index (χ2n) is 8.59. The van der Waals surface area contributed by atoms with Crippen LogP contribution in [0.2, 0.25) is 0 Å². The van der Waals surface area contributed by atoms with E-state index in [2.05, 4.69) is 60.4 Å². The number of carbonyl (C=O) groups excluding carboxylic acids is 1. The summed E-state index contributed by atoms with van der Waals surface area (Å²) in [4.78, 5) is 19.0. The quantitative estimate of drug-likeness (QED) is 0.561. The van der Waals surface area contributed by atoms with Crippen molar-refractivity contribution < 1.29 is 9.53 Å². The van der Waals surface area contributed by atoms with Crippen LogP contribution >= 0.6 is 0 Å². The standard InChI is InChI=1S/C27H28N2O2/c1-19-24(11-10-23-4-2-14-28-26(19)23)22-8-6-20(7-9-22)18-21-12-15-29(16-13-21)27(30)25-5-3-17-31-25/h2,4,6-12,14,25H,3,5,13,15-18H2,1H3/t25-/m1/s1. The van der Waals surface area contributed by atoms with E-state index in [1.165, 1.54) is 33.2 Å². The number of hydrogen-bond donors (Lipinski definition) is 0. The second kappa shape index (κ2) is 8.64. The fourth-order valence-electron chi connectivity index (χ4n) is 4.72. The molecule has 3 aromatic rings. The first kappa shape index (κ1) is 20.0.